The Hall–Kier alpha value is -1.06. The van der Waals surface area contributed by atoms with Gasteiger partial charge >= 0.3 is 0 Å². The zero-order valence-corrected chi connectivity index (χ0v) is 20.6. The van der Waals surface area contributed by atoms with Gasteiger partial charge in [-0.2, -0.15) is 0 Å². The summed E-state index contributed by atoms with van der Waals surface area (Å²) in [5, 5.41) is 10.3. The Bertz CT molecular complexity index is 703. The van der Waals surface area contributed by atoms with Gasteiger partial charge in [0, 0.05) is 0 Å². The third-order valence-corrected chi connectivity index (χ3v) is 10.5. The molecule has 0 saturated heterocycles. The van der Waals surface area contributed by atoms with Crippen LogP contribution in [0.3, 0.4) is 0 Å². The van der Waals surface area contributed by atoms with Crippen LogP contribution in [0.1, 0.15) is 105 Å². The molecule has 0 N–H and O–H groups in total. The average molecular weight is 432 g/mol. The Morgan fingerprint density at radius 2 is 1.87 bits per heavy atom. The first-order valence-corrected chi connectivity index (χ1v) is 13.2. The quantitative estimate of drug-likeness (QED) is 0.237. The van der Waals surface area contributed by atoms with Crippen LogP contribution >= 0.6 is 0 Å². The Labute approximate surface area is 189 Å². The normalized spacial score (nSPS) is 42.9. The van der Waals surface area contributed by atoms with Gasteiger partial charge in [0.25, 0.3) is 5.09 Å². The summed E-state index contributed by atoms with van der Waals surface area (Å²) in [5.74, 6) is 5.01. The van der Waals surface area contributed by atoms with E-state index in [1.165, 1.54) is 56.9 Å². The second-order valence-corrected chi connectivity index (χ2v) is 12.5. The van der Waals surface area contributed by atoms with Crippen LogP contribution in [-0.2, 0) is 4.84 Å². The van der Waals surface area contributed by atoms with E-state index in [-0.39, 0.29) is 11.5 Å². The van der Waals surface area contributed by atoms with E-state index in [9.17, 15) is 10.1 Å². The zero-order valence-electron chi connectivity index (χ0n) is 20.6. The van der Waals surface area contributed by atoms with Crippen molar-refractivity contribution in [2.24, 2.45) is 46.3 Å². The summed E-state index contributed by atoms with van der Waals surface area (Å²) in [6, 6.07) is 0. The molecule has 31 heavy (non-hydrogen) atoms. The highest BCUT2D eigenvalue weighted by atomic mass is 17.0. The van der Waals surface area contributed by atoms with Crippen molar-refractivity contribution in [2.45, 2.75) is 111 Å². The van der Waals surface area contributed by atoms with Gasteiger partial charge in [0.05, 0.1) is 0 Å². The number of hydrogen-bond donors (Lipinski definition) is 0. The monoisotopic (exact) mass is 431 g/mol. The molecule has 0 heterocycles. The molecular weight excluding hydrogens is 386 g/mol. The van der Waals surface area contributed by atoms with Gasteiger partial charge < -0.3 is 4.84 Å². The first-order chi connectivity index (χ1) is 14.6. The highest BCUT2D eigenvalue weighted by Crippen LogP contribution is 2.67. The summed E-state index contributed by atoms with van der Waals surface area (Å²) in [7, 11) is 0. The molecule has 0 radical (unpaired) electrons. The van der Waals surface area contributed by atoms with Crippen molar-refractivity contribution >= 4 is 0 Å². The molecule has 0 unspecified atom stereocenters. The van der Waals surface area contributed by atoms with E-state index in [4.69, 9.17) is 4.84 Å². The molecule has 0 aromatic heterocycles. The van der Waals surface area contributed by atoms with E-state index in [1.807, 2.05) is 0 Å². The molecule has 3 fully saturated rings. The van der Waals surface area contributed by atoms with E-state index in [2.05, 4.69) is 40.7 Å². The van der Waals surface area contributed by atoms with Gasteiger partial charge in [-0.3, -0.25) is 0 Å². The minimum absolute atomic E-state index is 0.234. The van der Waals surface area contributed by atoms with Crippen LogP contribution in [0.5, 0.6) is 0 Å². The van der Waals surface area contributed by atoms with Crippen molar-refractivity contribution in [3.05, 3.63) is 21.8 Å². The van der Waals surface area contributed by atoms with Crippen LogP contribution < -0.4 is 0 Å². The minimum atomic E-state index is -0.591. The summed E-state index contributed by atoms with van der Waals surface area (Å²) >= 11 is 0. The van der Waals surface area contributed by atoms with Gasteiger partial charge in [-0.15, -0.1) is 10.1 Å². The number of allylic oxidation sites excluding steroid dienone is 1. The number of fused-ring (bicyclic) bond motifs is 5. The molecule has 4 rings (SSSR count). The van der Waals surface area contributed by atoms with Crippen LogP contribution in [0, 0.1) is 56.5 Å². The standard InChI is InChI=1S/C27H45NO3/c1-18(2)7-6-8-19(3)23-11-12-24-22-10-9-20-17-21(31-28(29)30)13-15-26(20,4)25(22)14-16-27(23,24)5/h9,18-19,21-25H,6-8,10-17H2,1-5H3/t19-,21+,22+,23-,24+,25+,26+,27-/m1/s1. The van der Waals surface area contributed by atoms with Gasteiger partial charge in [-0.25, -0.2) is 0 Å². The second kappa shape index (κ2) is 8.71. The topological polar surface area (TPSA) is 52.4 Å². The highest BCUT2D eigenvalue weighted by Gasteiger charge is 2.59. The molecule has 0 aromatic rings. The molecule has 3 saturated carbocycles. The summed E-state index contributed by atoms with van der Waals surface area (Å²) < 4.78 is 0. The Kier molecular flexibility index (Phi) is 6.49. The predicted octanol–water partition coefficient (Wildman–Crippen LogP) is 7.60. The third kappa shape index (κ3) is 4.17. The van der Waals surface area contributed by atoms with Gasteiger partial charge in [-0.05, 0) is 97.7 Å². The molecule has 4 aliphatic rings. The van der Waals surface area contributed by atoms with Crippen molar-refractivity contribution in [3.8, 4) is 0 Å². The zero-order chi connectivity index (χ0) is 22.4. The van der Waals surface area contributed by atoms with E-state index in [0.29, 0.717) is 5.41 Å². The lowest BCUT2D eigenvalue weighted by Gasteiger charge is -2.58. The molecule has 0 aliphatic heterocycles. The molecule has 0 amide bonds. The second-order valence-electron chi connectivity index (χ2n) is 12.5. The summed E-state index contributed by atoms with van der Waals surface area (Å²) in [4.78, 5) is 15.8. The van der Waals surface area contributed by atoms with Crippen LogP contribution in [0.25, 0.3) is 0 Å². The summed E-state index contributed by atoms with van der Waals surface area (Å²) in [6.07, 6.45) is 15.8. The van der Waals surface area contributed by atoms with Crippen LogP contribution in [0.4, 0.5) is 0 Å². The smallest absolute Gasteiger partial charge is 0.294 e. The van der Waals surface area contributed by atoms with E-state index < -0.39 is 5.09 Å². The molecule has 0 spiro atoms. The molecule has 0 aromatic carbocycles. The maximum absolute atomic E-state index is 10.8. The van der Waals surface area contributed by atoms with Crippen molar-refractivity contribution in [1.29, 1.82) is 0 Å². The van der Waals surface area contributed by atoms with Crippen molar-refractivity contribution in [2.75, 3.05) is 0 Å². The van der Waals surface area contributed by atoms with Crippen LogP contribution in [-0.4, -0.2) is 11.2 Å². The lowest BCUT2D eigenvalue weighted by molar-refractivity contribution is -0.769. The van der Waals surface area contributed by atoms with Crippen molar-refractivity contribution < 1.29 is 9.92 Å². The maximum Gasteiger partial charge on any atom is 0.294 e. The third-order valence-electron chi connectivity index (χ3n) is 10.5. The molecule has 4 aliphatic carbocycles. The van der Waals surface area contributed by atoms with E-state index in [0.717, 1.165) is 54.8 Å². The largest absolute Gasteiger partial charge is 0.310 e. The van der Waals surface area contributed by atoms with Gasteiger partial charge in [0.1, 0.15) is 6.10 Å². The molecule has 4 nitrogen and oxygen atoms in total. The fraction of sp³-hybridized carbons (Fsp3) is 0.926. The van der Waals surface area contributed by atoms with Crippen LogP contribution in [0.2, 0.25) is 0 Å². The molecule has 176 valence electrons. The Morgan fingerprint density at radius 1 is 1.10 bits per heavy atom. The van der Waals surface area contributed by atoms with Crippen molar-refractivity contribution in [3.63, 3.8) is 0 Å². The van der Waals surface area contributed by atoms with Gasteiger partial charge in [0.15, 0.2) is 0 Å². The molecular formula is C27H45NO3. The SMILES string of the molecule is CC(C)CCC[C@@H](C)[C@H]1CC[C@H]2[C@@H]3CC=C4C[C@@H](O[N+](=O)[O-])CC[C@]4(C)[C@H]3CC[C@]12C. The van der Waals surface area contributed by atoms with Crippen LogP contribution in [0.15, 0.2) is 11.6 Å². The molecule has 4 heteroatoms. The Balaban J connectivity index is 1.47. The number of hydrogen-bond acceptors (Lipinski definition) is 3. The molecule has 8 atom stereocenters. The number of nitrogens with zero attached hydrogens (tertiary/aromatic N) is 1. The fourth-order valence-electron chi connectivity index (χ4n) is 8.86. The molecule has 0 bridgehead atoms. The van der Waals surface area contributed by atoms with Crippen molar-refractivity contribution in [1.82, 2.24) is 0 Å². The lowest BCUT2D eigenvalue weighted by Crippen LogP contribution is -2.51. The average Bonchev–Trinajstić information content (AvgIpc) is 3.05. The summed E-state index contributed by atoms with van der Waals surface area (Å²) in [5.41, 5.74) is 2.22. The minimum Gasteiger partial charge on any atom is -0.310 e. The summed E-state index contributed by atoms with van der Waals surface area (Å²) in [6.45, 7) is 12.4. The highest BCUT2D eigenvalue weighted by molar-refractivity contribution is 5.25. The predicted molar refractivity (Wildman–Crippen MR) is 125 cm³/mol. The number of rotatable bonds is 7. The Morgan fingerprint density at radius 3 is 2.58 bits per heavy atom. The van der Waals surface area contributed by atoms with Gasteiger partial charge in [0.2, 0.25) is 0 Å². The first-order valence-electron chi connectivity index (χ1n) is 13.2. The first kappa shape index (κ1) is 23.1. The van der Waals surface area contributed by atoms with E-state index >= 15 is 0 Å². The fourth-order valence-corrected chi connectivity index (χ4v) is 8.86. The van der Waals surface area contributed by atoms with E-state index in [1.54, 1.807) is 0 Å². The lowest BCUT2D eigenvalue weighted by atomic mass is 9.47. The maximum atomic E-state index is 10.8. The van der Waals surface area contributed by atoms with Gasteiger partial charge in [-0.1, -0.05) is 65.5 Å².